The Bertz CT molecular complexity index is 906. The Morgan fingerprint density at radius 2 is 1.89 bits per heavy atom. The Balaban J connectivity index is 1.38. The molecular formula is C22H27N5O. The largest absolute Gasteiger partial charge is 0.493 e. The van der Waals surface area contributed by atoms with E-state index in [4.69, 9.17) is 10.5 Å². The number of nitrogens with two attached hydrogens (primary N) is 1. The van der Waals surface area contributed by atoms with Crippen molar-refractivity contribution in [3.8, 4) is 5.75 Å². The normalized spacial score (nSPS) is 14.9. The highest BCUT2D eigenvalue weighted by Crippen LogP contribution is 2.25. The van der Waals surface area contributed by atoms with Crippen LogP contribution in [0.5, 0.6) is 5.75 Å². The molecule has 0 spiro atoms. The number of aromatic nitrogens is 2. The van der Waals surface area contributed by atoms with E-state index in [2.05, 4.69) is 32.7 Å². The molecule has 1 saturated heterocycles. The van der Waals surface area contributed by atoms with Gasteiger partial charge in [-0.3, -0.25) is 0 Å². The lowest BCUT2D eigenvalue weighted by atomic mass is 9.99. The number of rotatable bonds is 7. The van der Waals surface area contributed by atoms with Crippen molar-refractivity contribution in [1.82, 2.24) is 15.3 Å². The van der Waals surface area contributed by atoms with E-state index in [1.54, 1.807) is 6.33 Å². The number of hydrogen-bond acceptors (Lipinski definition) is 6. The molecule has 0 atom stereocenters. The zero-order valence-corrected chi connectivity index (χ0v) is 16.0. The van der Waals surface area contributed by atoms with Gasteiger partial charge in [0, 0.05) is 23.7 Å². The quantitative estimate of drug-likeness (QED) is 0.548. The topological polar surface area (TPSA) is 85.1 Å². The van der Waals surface area contributed by atoms with E-state index in [1.165, 1.54) is 18.4 Å². The number of nitrogen functional groups attached to an aromatic ring is 1. The summed E-state index contributed by atoms with van der Waals surface area (Å²) in [5, 5.41) is 7.82. The molecule has 0 amide bonds. The van der Waals surface area contributed by atoms with Crippen molar-refractivity contribution in [2.24, 2.45) is 5.92 Å². The van der Waals surface area contributed by atoms with Gasteiger partial charge in [0.15, 0.2) is 0 Å². The fraction of sp³-hybridized carbons (Fsp3) is 0.364. The molecule has 4 rings (SSSR count). The van der Waals surface area contributed by atoms with Gasteiger partial charge in [0.2, 0.25) is 0 Å². The maximum absolute atomic E-state index is 6.02. The van der Waals surface area contributed by atoms with Crippen LogP contribution < -0.4 is 21.1 Å². The standard InChI is InChI=1S/C22H27N5O/c23-18-3-1-16(2-4-18)9-12-25-22-20-6-5-19(13-21(20)26-15-27-22)28-14-17-7-10-24-11-8-17/h1-6,13,15,17,24H,7-12,14,23H2,(H,25,26,27). The van der Waals surface area contributed by atoms with Crippen LogP contribution in [0.2, 0.25) is 0 Å². The smallest absolute Gasteiger partial charge is 0.137 e. The van der Waals surface area contributed by atoms with Crippen LogP contribution in [0.25, 0.3) is 10.9 Å². The molecule has 3 aromatic rings. The Kier molecular flexibility index (Phi) is 5.87. The van der Waals surface area contributed by atoms with Crippen LogP contribution >= 0.6 is 0 Å². The van der Waals surface area contributed by atoms with Gasteiger partial charge in [-0.2, -0.15) is 0 Å². The van der Waals surface area contributed by atoms with Crippen molar-refractivity contribution >= 4 is 22.4 Å². The van der Waals surface area contributed by atoms with Crippen LogP contribution in [-0.2, 0) is 6.42 Å². The summed E-state index contributed by atoms with van der Waals surface area (Å²) < 4.78 is 6.02. The lowest BCUT2D eigenvalue weighted by Crippen LogP contribution is -2.30. The van der Waals surface area contributed by atoms with Gasteiger partial charge in [-0.25, -0.2) is 9.97 Å². The predicted molar refractivity (Wildman–Crippen MR) is 114 cm³/mol. The number of fused-ring (bicyclic) bond motifs is 1. The molecule has 0 saturated carbocycles. The number of piperidine rings is 1. The molecule has 146 valence electrons. The molecule has 1 aliphatic rings. The SMILES string of the molecule is Nc1ccc(CCNc2ncnc3cc(OCC4CCNCC4)ccc23)cc1. The first-order valence-corrected chi connectivity index (χ1v) is 9.94. The van der Waals surface area contributed by atoms with Crippen molar-refractivity contribution in [2.45, 2.75) is 19.3 Å². The molecule has 1 aromatic heterocycles. The maximum atomic E-state index is 6.02. The highest BCUT2D eigenvalue weighted by Gasteiger charge is 2.14. The monoisotopic (exact) mass is 377 g/mol. The molecule has 2 heterocycles. The average molecular weight is 377 g/mol. The van der Waals surface area contributed by atoms with Crippen LogP contribution in [0, 0.1) is 5.92 Å². The molecule has 6 heteroatoms. The summed E-state index contributed by atoms with van der Waals surface area (Å²) in [6.07, 6.45) is 4.86. The van der Waals surface area contributed by atoms with Crippen molar-refractivity contribution < 1.29 is 4.74 Å². The van der Waals surface area contributed by atoms with Gasteiger partial charge in [0.25, 0.3) is 0 Å². The van der Waals surface area contributed by atoms with E-state index < -0.39 is 0 Å². The molecule has 1 fully saturated rings. The van der Waals surface area contributed by atoms with Crippen molar-refractivity contribution in [3.05, 3.63) is 54.4 Å². The summed E-state index contributed by atoms with van der Waals surface area (Å²) in [6.45, 7) is 3.74. The lowest BCUT2D eigenvalue weighted by molar-refractivity contribution is 0.215. The second kappa shape index (κ2) is 8.89. The van der Waals surface area contributed by atoms with Crippen LogP contribution in [0.3, 0.4) is 0 Å². The molecule has 0 radical (unpaired) electrons. The fourth-order valence-corrected chi connectivity index (χ4v) is 3.54. The molecule has 0 aliphatic carbocycles. The minimum absolute atomic E-state index is 0.632. The summed E-state index contributed by atoms with van der Waals surface area (Å²) in [5.74, 6) is 2.36. The zero-order chi connectivity index (χ0) is 19.2. The number of nitrogens with one attached hydrogen (secondary N) is 2. The second-order valence-corrected chi connectivity index (χ2v) is 7.32. The molecular weight excluding hydrogens is 350 g/mol. The highest BCUT2D eigenvalue weighted by molar-refractivity contribution is 5.89. The molecule has 1 aliphatic heterocycles. The Morgan fingerprint density at radius 1 is 1.07 bits per heavy atom. The van der Waals surface area contributed by atoms with E-state index in [0.717, 1.165) is 60.8 Å². The van der Waals surface area contributed by atoms with E-state index >= 15 is 0 Å². The first-order valence-electron chi connectivity index (χ1n) is 9.94. The van der Waals surface area contributed by atoms with E-state index in [9.17, 15) is 0 Å². The summed E-state index contributed by atoms with van der Waals surface area (Å²) >= 11 is 0. The Morgan fingerprint density at radius 3 is 2.71 bits per heavy atom. The maximum Gasteiger partial charge on any atom is 0.137 e. The minimum atomic E-state index is 0.632. The number of benzene rings is 2. The lowest BCUT2D eigenvalue weighted by Gasteiger charge is -2.22. The molecule has 2 aromatic carbocycles. The van der Waals surface area contributed by atoms with Gasteiger partial charge in [-0.15, -0.1) is 0 Å². The van der Waals surface area contributed by atoms with Crippen molar-refractivity contribution in [2.75, 3.05) is 37.3 Å². The number of anilines is 2. The predicted octanol–water partition coefficient (Wildman–Crippen LogP) is 3.25. The third-order valence-electron chi connectivity index (χ3n) is 5.24. The minimum Gasteiger partial charge on any atom is -0.493 e. The zero-order valence-electron chi connectivity index (χ0n) is 16.0. The van der Waals surface area contributed by atoms with Gasteiger partial charge in [-0.05, 0) is 68.1 Å². The van der Waals surface area contributed by atoms with Crippen molar-refractivity contribution in [3.63, 3.8) is 0 Å². The first kappa shape index (κ1) is 18.5. The van der Waals surface area contributed by atoms with Crippen LogP contribution in [-0.4, -0.2) is 36.2 Å². The van der Waals surface area contributed by atoms with Gasteiger partial charge >= 0.3 is 0 Å². The first-order chi connectivity index (χ1) is 13.8. The summed E-state index contributed by atoms with van der Waals surface area (Å²) in [6, 6.07) is 14.0. The summed E-state index contributed by atoms with van der Waals surface area (Å²) in [5.41, 5.74) is 8.67. The molecule has 4 N–H and O–H groups in total. The van der Waals surface area contributed by atoms with Crippen molar-refractivity contribution in [1.29, 1.82) is 0 Å². The third kappa shape index (κ3) is 4.70. The van der Waals surface area contributed by atoms with E-state index in [-0.39, 0.29) is 0 Å². The van der Waals surface area contributed by atoms with Gasteiger partial charge < -0.3 is 21.1 Å². The number of hydrogen-bond donors (Lipinski definition) is 3. The highest BCUT2D eigenvalue weighted by atomic mass is 16.5. The third-order valence-corrected chi connectivity index (χ3v) is 5.24. The van der Waals surface area contributed by atoms with Crippen LogP contribution in [0.4, 0.5) is 11.5 Å². The number of nitrogens with zero attached hydrogens (tertiary/aromatic N) is 2. The van der Waals surface area contributed by atoms with Crippen LogP contribution in [0.15, 0.2) is 48.8 Å². The Labute approximate surface area is 165 Å². The second-order valence-electron chi connectivity index (χ2n) is 7.32. The van der Waals surface area contributed by atoms with Crippen LogP contribution in [0.1, 0.15) is 18.4 Å². The molecule has 0 bridgehead atoms. The van der Waals surface area contributed by atoms with E-state index in [0.29, 0.717) is 5.92 Å². The van der Waals surface area contributed by atoms with E-state index in [1.807, 2.05) is 30.3 Å². The fourth-order valence-electron chi connectivity index (χ4n) is 3.54. The van der Waals surface area contributed by atoms with Gasteiger partial charge in [0.05, 0.1) is 12.1 Å². The van der Waals surface area contributed by atoms with Gasteiger partial charge in [0.1, 0.15) is 17.9 Å². The molecule has 0 unspecified atom stereocenters. The molecule has 28 heavy (non-hydrogen) atoms. The molecule has 6 nitrogen and oxygen atoms in total. The summed E-state index contributed by atoms with van der Waals surface area (Å²) in [7, 11) is 0. The van der Waals surface area contributed by atoms with Gasteiger partial charge in [-0.1, -0.05) is 12.1 Å². The number of ether oxygens (including phenoxy) is 1. The Hall–Kier alpha value is -2.86. The summed E-state index contributed by atoms with van der Waals surface area (Å²) in [4.78, 5) is 8.83. The average Bonchev–Trinajstić information content (AvgIpc) is 2.74.